The van der Waals surface area contributed by atoms with E-state index in [0.717, 1.165) is 29.1 Å². The third kappa shape index (κ3) is 3.62. The minimum Gasteiger partial charge on any atom is -0.357 e. The van der Waals surface area contributed by atoms with Gasteiger partial charge in [0, 0.05) is 29.3 Å². The highest BCUT2D eigenvalue weighted by Gasteiger charge is 2.15. The fourth-order valence-electron chi connectivity index (χ4n) is 2.53. The molecule has 1 fully saturated rings. The summed E-state index contributed by atoms with van der Waals surface area (Å²) >= 11 is 3.39. The number of carbonyl (C=O) groups is 1. The Labute approximate surface area is 137 Å². The smallest absolute Gasteiger partial charge is 0.274 e. The lowest BCUT2D eigenvalue weighted by atomic mass is 10.1. The lowest BCUT2D eigenvalue weighted by Gasteiger charge is -2.27. The average molecular weight is 361 g/mol. The Balaban J connectivity index is 1.75. The number of anilines is 2. The zero-order valence-corrected chi connectivity index (χ0v) is 13.7. The molecule has 1 aliphatic rings. The number of nitrogens with zero attached hydrogens (tertiary/aromatic N) is 3. The van der Waals surface area contributed by atoms with Gasteiger partial charge >= 0.3 is 0 Å². The molecular formula is C16H17BrN4O. The molecule has 0 unspecified atom stereocenters. The van der Waals surface area contributed by atoms with E-state index in [1.54, 1.807) is 6.07 Å². The van der Waals surface area contributed by atoms with Crippen molar-refractivity contribution in [3.63, 3.8) is 0 Å². The first-order chi connectivity index (χ1) is 10.7. The SMILES string of the molecule is O=C(Nc1cccc(Br)c1)c1cc(N2CCCCC2)ncn1. The number of hydrogen-bond donors (Lipinski definition) is 1. The summed E-state index contributed by atoms with van der Waals surface area (Å²) in [5.41, 5.74) is 1.12. The van der Waals surface area contributed by atoms with Crippen LogP contribution < -0.4 is 10.2 Å². The second-order valence-corrected chi connectivity index (χ2v) is 6.19. The van der Waals surface area contributed by atoms with Crippen molar-refractivity contribution >= 4 is 33.3 Å². The van der Waals surface area contributed by atoms with Gasteiger partial charge in [-0.1, -0.05) is 22.0 Å². The van der Waals surface area contributed by atoms with Crippen LogP contribution in [0.3, 0.4) is 0 Å². The van der Waals surface area contributed by atoms with E-state index >= 15 is 0 Å². The molecule has 2 aromatic rings. The number of benzene rings is 1. The van der Waals surface area contributed by atoms with Crippen molar-refractivity contribution in [3.8, 4) is 0 Å². The van der Waals surface area contributed by atoms with Crippen LogP contribution in [0.5, 0.6) is 0 Å². The summed E-state index contributed by atoms with van der Waals surface area (Å²) in [6, 6.07) is 9.24. The first kappa shape index (κ1) is 15.0. The normalized spacial score (nSPS) is 14.7. The first-order valence-corrected chi connectivity index (χ1v) is 8.15. The molecule has 5 nitrogen and oxygen atoms in total. The van der Waals surface area contributed by atoms with E-state index in [1.807, 2.05) is 24.3 Å². The van der Waals surface area contributed by atoms with Gasteiger partial charge in [-0.2, -0.15) is 0 Å². The van der Waals surface area contributed by atoms with Gasteiger partial charge in [0.1, 0.15) is 17.8 Å². The van der Waals surface area contributed by atoms with Gasteiger partial charge in [0.2, 0.25) is 0 Å². The highest BCUT2D eigenvalue weighted by Crippen LogP contribution is 2.19. The third-order valence-electron chi connectivity index (χ3n) is 3.65. The van der Waals surface area contributed by atoms with Crippen LogP contribution in [-0.2, 0) is 0 Å². The summed E-state index contributed by atoms with van der Waals surface area (Å²) in [5.74, 6) is 0.604. The molecular weight excluding hydrogens is 344 g/mol. The predicted molar refractivity (Wildman–Crippen MR) is 90.2 cm³/mol. The Morgan fingerprint density at radius 3 is 2.73 bits per heavy atom. The van der Waals surface area contributed by atoms with Crippen LogP contribution in [0.2, 0.25) is 0 Å². The lowest BCUT2D eigenvalue weighted by molar-refractivity contribution is 0.102. The van der Waals surface area contributed by atoms with Gasteiger partial charge in [-0.15, -0.1) is 0 Å². The number of halogens is 1. The van der Waals surface area contributed by atoms with E-state index in [4.69, 9.17) is 0 Å². The second kappa shape index (κ2) is 6.87. The van der Waals surface area contributed by atoms with Gasteiger partial charge in [0.05, 0.1) is 0 Å². The summed E-state index contributed by atoms with van der Waals surface area (Å²) in [5, 5.41) is 2.85. The second-order valence-electron chi connectivity index (χ2n) is 5.27. The summed E-state index contributed by atoms with van der Waals surface area (Å²) < 4.78 is 0.919. The molecule has 0 atom stereocenters. The summed E-state index contributed by atoms with van der Waals surface area (Å²) in [6.45, 7) is 1.98. The topological polar surface area (TPSA) is 58.1 Å². The van der Waals surface area contributed by atoms with Crippen molar-refractivity contribution in [2.45, 2.75) is 19.3 Å². The molecule has 1 N–H and O–H groups in total. The highest BCUT2D eigenvalue weighted by molar-refractivity contribution is 9.10. The average Bonchev–Trinajstić information content (AvgIpc) is 2.56. The number of amides is 1. The maximum absolute atomic E-state index is 12.3. The van der Waals surface area contributed by atoms with Crippen molar-refractivity contribution in [3.05, 3.63) is 46.8 Å². The van der Waals surface area contributed by atoms with Crippen molar-refractivity contribution < 1.29 is 4.79 Å². The molecule has 114 valence electrons. The number of hydrogen-bond acceptors (Lipinski definition) is 4. The Morgan fingerprint density at radius 1 is 1.14 bits per heavy atom. The molecule has 3 rings (SSSR count). The zero-order chi connectivity index (χ0) is 15.4. The summed E-state index contributed by atoms with van der Waals surface area (Å²) in [4.78, 5) is 22.9. The fourth-order valence-corrected chi connectivity index (χ4v) is 2.93. The largest absolute Gasteiger partial charge is 0.357 e. The van der Waals surface area contributed by atoms with E-state index in [-0.39, 0.29) is 5.91 Å². The van der Waals surface area contributed by atoms with Crippen molar-refractivity contribution in [1.29, 1.82) is 0 Å². The van der Waals surface area contributed by atoms with Gasteiger partial charge in [0.15, 0.2) is 0 Å². The molecule has 1 aliphatic heterocycles. The van der Waals surface area contributed by atoms with Crippen LogP contribution in [0.15, 0.2) is 41.1 Å². The fraction of sp³-hybridized carbons (Fsp3) is 0.312. The molecule has 1 amide bonds. The Hall–Kier alpha value is -1.95. The number of piperidine rings is 1. The van der Waals surface area contributed by atoms with E-state index in [9.17, 15) is 4.79 Å². The Morgan fingerprint density at radius 2 is 1.95 bits per heavy atom. The molecule has 0 bridgehead atoms. The molecule has 1 saturated heterocycles. The maximum atomic E-state index is 12.3. The van der Waals surface area contributed by atoms with Crippen LogP contribution in [-0.4, -0.2) is 29.0 Å². The van der Waals surface area contributed by atoms with E-state index in [1.165, 1.54) is 25.6 Å². The van der Waals surface area contributed by atoms with Crippen molar-refractivity contribution in [2.75, 3.05) is 23.3 Å². The van der Waals surface area contributed by atoms with Crippen LogP contribution >= 0.6 is 15.9 Å². The third-order valence-corrected chi connectivity index (χ3v) is 4.14. The van der Waals surface area contributed by atoms with Crippen molar-refractivity contribution in [2.24, 2.45) is 0 Å². The molecule has 0 saturated carbocycles. The monoisotopic (exact) mass is 360 g/mol. The Bertz CT molecular complexity index is 671. The molecule has 0 spiro atoms. The van der Waals surface area contributed by atoms with Gasteiger partial charge in [-0.25, -0.2) is 9.97 Å². The molecule has 2 heterocycles. The number of nitrogens with one attached hydrogen (secondary N) is 1. The van der Waals surface area contributed by atoms with Crippen LogP contribution in [0, 0.1) is 0 Å². The molecule has 1 aromatic carbocycles. The molecule has 1 aromatic heterocycles. The summed E-state index contributed by atoms with van der Waals surface area (Å²) in [7, 11) is 0. The van der Waals surface area contributed by atoms with Crippen molar-refractivity contribution in [1.82, 2.24) is 9.97 Å². The minimum absolute atomic E-state index is 0.223. The maximum Gasteiger partial charge on any atom is 0.274 e. The van der Waals surface area contributed by atoms with Crippen LogP contribution in [0.4, 0.5) is 11.5 Å². The number of carbonyl (C=O) groups excluding carboxylic acids is 1. The first-order valence-electron chi connectivity index (χ1n) is 7.36. The van der Waals surface area contributed by atoms with Gasteiger partial charge in [-0.3, -0.25) is 4.79 Å². The van der Waals surface area contributed by atoms with Crippen LogP contribution in [0.25, 0.3) is 0 Å². The number of rotatable bonds is 3. The van der Waals surface area contributed by atoms with E-state index in [2.05, 4.69) is 36.1 Å². The van der Waals surface area contributed by atoms with Gasteiger partial charge in [-0.05, 0) is 37.5 Å². The minimum atomic E-state index is -0.223. The van der Waals surface area contributed by atoms with E-state index < -0.39 is 0 Å². The summed E-state index contributed by atoms with van der Waals surface area (Å²) in [6.07, 6.45) is 5.06. The van der Waals surface area contributed by atoms with Gasteiger partial charge in [0.25, 0.3) is 5.91 Å². The van der Waals surface area contributed by atoms with Crippen LogP contribution in [0.1, 0.15) is 29.8 Å². The van der Waals surface area contributed by atoms with E-state index in [0.29, 0.717) is 5.69 Å². The molecule has 22 heavy (non-hydrogen) atoms. The molecule has 6 heteroatoms. The quantitative estimate of drug-likeness (QED) is 0.910. The lowest BCUT2D eigenvalue weighted by Crippen LogP contribution is -2.30. The Kier molecular flexibility index (Phi) is 4.68. The number of aromatic nitrogens is 2. The predicted octanol–water partition coefficient (Wildman–Crippen LogP) is 3.48. The van der Waals surface area contributed by atoms with Gasteiger partial charge < -0.3 is 10.2 Å². The standard InChI is InChI=1S/C16H17BrN4O/c17-12-5-4-6-13(9-12)20-16(22)14-10-15(19-11-18-14)21-7-2-1-3-8-21/h4-6,9-11H,1-3,7-8H2,(H,20,22). The zero-order valence-electron chi connectivity index (χ0n) is 12.1. The highest BCUT2D eigenvalue weighted by atomic mass is 79.9. The molecule has 0 aliphatic carbocycles. The molecule has 0 radical (unpaired) electrons.